The third kappa shape index (κ3) is 7.03. The number of rotatable bonds is 10. The highest BCUT2D eigenvalue weighted by Gasteiger charge is 2.11. The van der Waals surface area contributed by atoms with Crippen molar-refractivity contribution in [3.8, 4) is 0 Å². The number of hydrogen-bond acceptors (Lipinski definition) is 4. The van der Waals surface area contributed by atoms with Crippen LogP contribution in [0.3, 0.4) is 0 Å². The van der Waals surface area contributed by atoms with Crippen LogP contribution in [0.25, 0.3) is 0 Å². The maximum Gasteiger partial charge on any atom is 0.0178 e. The summed E-state index contributed by atoms with van der Waals surface area (Å²) in [5.74, 6) is 0.459. The molecule has 0 bridgehead atoms. The summed E-state index contributed by atoms with van der Waals surface area (Å²) in [5, 5.41) is 10.0. The standard InChI is InChI=1S/C14H25BrN4/c1-17-7-8-19-11-13(10-18-6-5-16)12-3-2-4-14(15)9-12/h2-4,9,13,17-19H,5-8,10-11,16H2,1H3. The van der Waals surface area contributed by atoms with Crippen LogP contribution in [0.5, 0.6) is 0 Å². The Morgan fingerprint density at radius 1 is 1.16 bits per heavy atom. The third-order valence-electron chi connectivity index (χ3n) is 2.97. The summed E-state index contributed by atoms with van der Waals surface area (Å²) >= 11 is 3.53. The summed E-state index contributed by atoms with van der Waals surface area (Å²) in [4.78, 5) is 0. The lowest BCUT2D eigenvalue weighted by Gasteiger charge is -2.19. The fourth-order valence-corrected chi connectivity index (χ4v) is 2.35. The smallest absolute Gasteiger partial charge is 0.0178 e. The van der Waals surface area contributed by atoms with Gasteiger partial charge < -0.3 is 21.7 Å². The maximum absolute atomic E-state index is 5.52. The van der Waals surface area contributed by atoms with E-state index in [1.807, 2.05) is 7.05 Å². The second kappa shape index (κ2) is 10.3. The predicted molar refractivity (Wildman–Crippen MR) is 85.6 cm³/mol. The van der Waals surface area contributed by atoms with Crippen LogP contribution in [0.4, 0.5) is 0 Å². The van der Waals surface area contributed by atoms with Gasteiger partial charge in [-0.3, -0.25) is 0 Å². The Labute approximate surface area is 124 Å². The van der Waals surface area contributed by atoms with Crippen LogP contribution < -0.4 is 21.7 Å². The fraction of sp³-hybridized carbons (Fsp3) is 0.571. The lowest BCUT2D eigenvalue weighted by Crippen LogP contribution is -2.34. The molecule has 5 heteroatoms. The normalized spacial score (nSPS) is 12.6. The molecular weight excluding hydrogens is 304 g/mol. The van der Waals surface area contributed by atoms with Crippen molar-refractivity contribution in [2.75, 3.05) is 46.3 Å². The molecule has 19 heavy (non-hydrogen) atoms. The molecule has 1 aromatic carbocycles. The molecule has 0 aliphatic carbocycles. The van der Waals surface area contributed by atoms with E-state index in [4.69, 9.17) is 5.73 Å². The van der Waals surface area contributed by atoms with E-state index in [-0.39, 0.29) is 0 Å². The number of halogens is 1. The lowest BCUT2D eigenvalue weighted by atomic mass is 9.99. The number of benzene rings is 1. The van der Waals surface area contributed by atoms with Gasteiger partial charge in [0.1, 0.15) is 0 Å². The second-order valence-corrected chi connectivity index (χ2v) is 5.47. The largest absolute Gasteiger partial charge is 0.329 e. The van der Waals surface area contributed by atoms with Gasteiger partial charge in [-0.2, -0.15) is 0 Å². The quantitative estimate of drug-likeness (QED) is 0.482. The topological polar surface area (TPSA) is 62.1 Å². The monoisotopic (exact) mass is 328 g/mol. The summed E-state index contributed by atoms with van der Waals surface area (Å²) < 4.78 is 1.13. The molecule has 1 atom stereocenters. The molecule has 4 nitrogen and oxygen atoms in total. The summed E-state index contributed by atoms with van der Waals surface area (Å²) in [6.45, 7) is 5.43. The van der Waals surface area contributed by atoms with Crippen LogP contribution >= 0.6 is 15.9 Å². The first-order chi connectivity index (χ1) is 9.27. The summed E-state index contributed by atoms with van der Waals surface area (Å²) in [5.41, 5.74) is 6.87. The van der Waals surface area contributed by atoms with Crippen molar-refractivity contribution < 1.29 is 0 Å². The SMILES string of the molecule is CNCCNCC(CNCCN)c1cccc(Br)c1. The molecule has 0 spiro atoms. The Hall–Kier alpha value is -0.460. The molecule has 1 rings (SSSR count). The molecule has 0 aliphatic heterocycles. The molecule has 1 unspecified atom stereocenters. The van der Waals surface area contributed by atoms with Gasteiger partial charge in [0.05, 0.1) is 0 Å². The molecule has 0 aromatic heterocycles. The molecule has 0 saturated carbocycles. The first-order valence-electron chi connectivity index (χ1n) is 6.79. The van der Waals surface area contributed by atoms with E-state index in [2.05, 4.69) is 56.1 Å². The maximum atomic E-state index is 5.52. The van der Waals surface area contributed by atoms with Crippen LogP contribution in [0.1, 0.15) is 11.5 Å². The average molecular weight is 329 g/mol. The Morgan fingerprint density at radius 3 is 2.53 bits per heavy atom. The summed E-state index contributed by atoms with van der Waals surface area (Å²) in [7, 11) is 1.97. The Kier molecular flexibility index (Phi) is 9.03. The van der Waals surface area contributed by atoms with E-state index in [9.17, 15) is 0 Å². The highest BCUT2D eigenvalue weighted by Crippen LogP contribution is 2.19. The van der Waals surface area contributed by atoms with Crippen molar-refractivity contribution in [3.63, 3.8) is 0 Å². The Morgan fingerprint density at radius 2 is 1.89 bits per heavy atom. The first-order valence-corrected chi connectivity index (χ1v) is 7.58. The van der Waals surface area contributed by atoms with Crippen molar-refractivity contribution >= 4 is 15.9 Å². The molecule has 0 heterocycles. The van der Waals surface area contributed by atoms with Crippen molar-refractivity contribution in [3.05, 3.63) is 34.3 Å². The van der Waals surface area contributed by atoms with Crippen molar-refractivity contribution in [1.82, 2.24) is 16.0 Å². The zero-order chi connectivity index (χ0) is 13.9. The van der Waals surface area contributed by atoms with E-state index in [1.165, 1.54) is 5.56 Å². The van der Waals surface area contributed by atoms with E-state index in [0.29, 0.717) is 12.5 Å². The van der Waals surface area contributed by atoms with Crippen molar-refractivity contribution in [2.24, 2.45) is 5.73 Å². The van der Waals surface area contributed by atoms with Crippen molar-refractivity contribution in [1.29, 1.82) is 0 Å². The second-order valence-electron chi connectivity index (χ2n) is 4.55. The molecule has 108 valence electrons. The van der Waals surface area contributed by atoms with Gasteiger partial charge in [0, 0.05) is 49.7 Å². The van der Waals surface area contributed by atoms with Gasteiger partial charge in [0.2, 0.25) is 0 Å². The zero-order valence-corrected chi connectivity index (χ0v) is 13.2. The fourth-order valence-electron chi connectivity index (χ4n) is 1.94. The van der Waals surface area contributed by atoms with Gasteiger partial charge in [-0.15, -0.1) is 0 Å². The van der Waals surface area contributed by atoms with E-state index >= 15 is 0 Å². The number of hydrogen-bond donors (Lipinski definition) is 4. The van der Waals surface area contributed by atoms with E-state index in [1.54, 1.807) is 0 Å². The number of likely N-dealkylation sites (N-methyl/N-ethyl adjacent to an activating group) is 1. The molecule has 5 N–H and O–H groups in total. The molecule has 0 fully saturated rings. The van der Waals surface area contributed by atoms with E-state index < -0.39 is 0 Å². The van der Waals surface area contributed by atoms with Gasteiger partial charge in [0.25, 0.3) is 0 Å². The van der Waals surface area contributed by atoms with Gasteiger partial charge in [-0.05, 0) is 24.7 Å². The molecule has 0 saturated heterocycles. The number of nitrogens with two attached hydrogens (primary N) is 1. The highest BCUT2D eigenvalue weighted by molar-refractivity contribution is 9.10. The summed E-state index contributed by atoms with van der Waals surface area (Å²) in [6.07, 6.45) is 0. The van der Waals surface area contributed by atoms with E-state index in [0.717, 1.165) is 37.2 Å². The van der Waals surface area contributed by atoms with Crippen LogP contribution in [0, 0.1) is 0 Å². The van der Waals surface area contributed by atoms with Crippen LogP contribution in [0.15, 0.2) is 28.7 Å². The van der Waals surface area contributed by atoms with Gasteiger partial charge >= 0.3 is 0 Å². The minimum absolute atomic E-state index is 0.459. The Balaban J connectivity index is 2.52. The third-order valence-corrected chi connectivity index (χ3v) is 3.47. The van der Waals surface area contributed by atoms with Gasteiger partial charge in [-0.25, -0.2) is 0 Å². The average Bonchev–Trinajstić information content (AvgIpc) is 2.41. The molecule has 0 amide bonds. The summed E-state index contributed by atoms with van der Waals surface area (Å²) in [6, 6.07) is 8.51. The first kappa shape index (κ1) is 16.6. The molecular formula is C14H25BrN4. The Bertz CT molecular complexity index is 346. The predicted octanol–water partition coefficient (Wildman–Crippen LogP) is 0.890. The molecule has 0 radical (unpaired) electrons. The van der Waals surface area contributed by atoms with Gasteiger partial charge in [0.15, 0.2) is 0 Å². The highest BCUT2D eigenvalue weighted by atomic mass is 79.9. The molecule has 0 aliphatic rings. The van der Waals surface area contributed by atoms with Crippen LogP contribution in [-0.2, 0) is 0 Å². The van der Waals surface area contributed by atoms with Gasteiger partial charge in [-0.1, -0.05) is 28.1 Å². The minimum Gasteiger partial charge on any atom is -0.329 e. The minimum atomic E-state index is 0.459. The number of nitrogens with one attached hydrogen (secondary N) is 3. The molecule has 1 aromatic rings. The van der Waals surface area contributed by atoms with Crippen LogP contribution in [0.2, 0.25) is 0 Å². The zero-order valence-electron chi connectivity index (χ0n) is 11.6. The lowest BCUT2D eigenvalue weighted by molar-refractivity contribution is 0.533. The van der Waals surface area contributed by atoms with Crippen LogP contribution in [-0.4, -0.2) is 46.3 Å². The van der Waals surface area contributed by atoms with Crippen molar-refractivity contribution in [2.45, 2.75) is 5.92 Å².